The van der Waals surface area contributed by atoms with E-state index in [1.54, 1.807) is 18.2 Å². The molecule has 0 saturated carbocycles. The number of methoxy groups -OCH3 is 1. The third-order valence-electron chi connectivity index (χ3n) is 2.16. The largest absolute Gasteiger partial charge is 0.489 e. The van der Waals surface area contributed by atoms with Gasteiger partial charge >= 0.3 is 5.97 Å². The highest BCUT2D eigenvalue weighted by atomic mass is 79.9. The van der Waals surface area contributed by atoms with Crippen LogP contribution in [0.3, 0.4) is 0 Å². The van der Waals surface area contributed by atoms with E-state index in [0.29, 0.717) is 10.8 Å². The van der Waals surface area contributed by atoms with Crippen molar-refractivity contribution in [1.82, 2.24) is 5.32 Å². The highest BCUT2D eigenvalue weighted by Gasteiger charge is 2.21. The number of rotatable bonds is 5. The molecule has 0 aliphatic carbocycles. The summed E-state index contributed by atoms with van der Waals surface area (Å²) >= 11 is 9.25. The molecule has 5 nitrogen and oxygen atoms in total. The summed E-state index contributed by atoms with van der Waals surface area (Å²) in [4.78, 5) is 22.4. The van der Waals surface area contributed by atoms with E-state index in [0.717, 1.165) is 4.47 Å². The second kappa shape index (κ2) is 7.35. The number of hydrogen-bond donors (Lipinski definition) is 1. The maximum Gasteiger partial charge on any atom is 0.331 e. The van der Waals surface area contributed by atoms with E-state index < -0.39 is 12.0 Å². The first-order valence-electron chi connectivity index (χ1n) is 5.37. The topological polar surface area (TPSA) is 64.6 Å². The molecule has 1 atom stereocenters. The number of ether oxygens (including phenoxy) is 2. The second-order valence-electron chi connectivity index (χ2n) is 3.66. The molecule has 0 saturated heterocycles. The minimum absolute atomic E-state index is 0.0619. The molecular weight excluding hydrogens is 337 g/mol. The molecule has 1 rings (SSSR count). The first-order valence-corrected chi connectivity index (χ1v) is 6.54. The molecule has 1 aromatic rings. The van der Waals surface area contributed by atoms with Gasteiger partial charge in [0.2, 0.25) is 5.91 Å². The fourth-order valence-corrected chi connectivity index (χ4v) is 2.05. The van der Waals surface area contributed by atoms with Gasteiger partial charge in [-0.25, -0.2) is 4.79 Å². The first-order chi connectivity index (χ1) is 8.93. The number of nitrogens with one attached hydrogen (secondary N) is 1. The highest BCUT2D eigenvalue weighted by molar-refractivity contribution is 9.10. The molecule has 0 aliphatic heterocycles. The van der Waals surface area contributed by atoms with Crippen molar-refractivity contribution in [1.29, 1.82) is 0 Å². The lowest BCUT2D eigenvalue weighted by molar-refractivity contribution is -0.145. The smallest absolute Gasteiger partial charge is 0.331 e. The summed E-state index contributed by atoms with van der Waals surface area (Å²) in [5.74, 6) is -0.506. The zero-order chi connectivity index (χ0) is 14.4. The van der Waals surface area contributed by atoms with Crippen molar-refractivity contribution in [2.75, 3.05) is 13.7 Å². The van der Waals surface area contributed by atoms with Gasteiger partial charge in [0.05, 0.1) is 12.1 Å². The van der Waals surface area contributed by atoms with Crippen LogP contribution in [0.2, 0.25) is 5.02 Å². The monoisotopic (exact) mass is 349 g/mol. The van der Waals surface area contributed by atoms with E-state index in [2.05, 4.69) is 26.0 Å². The van der Waals surface area contributed by atoms with Gasteiger partial charge in [0.15, 0.2) is 6.04 Å². The highest BCUT2D eigenvalue weighted by Crippen LogP contribution is 2.27. The lowest BCUT2D eigenvalue weighted by Gasteiger charge is -2.16. The second-order valence-corrected chi connectivity index (χ2v) is 4.98. The van der Waals surface area contributed by atoms with Crippen LogP contribution in [-0.4, -0.2) is 31.6 Å². The SMILES string of the molecule is COC(=O)C(COc1ccc(Br)cc1Cl)NC(C)=O. The summed E-state index contributed by atoms with van der Waals surface area (Å²) in [6.07, 6.45) is 0. The normalized spacial score (nSPS) is 11.6. The van der Waals surface area contributed by atoms with Crippen molar-refractivity contribution in [3.05, 3.63) is 27.7 Å². The van der Waals surface area contributed by atoms with Crippen molar-refractivity contribution in [3.63, 3.8) is 0 Å². The maximum atomic E-state index is 11.5. The van der Waals surface area contributed by atoms with Crippen molar-refractivity contribution < 1.29 is 19.1 Å². The molecular formula is C12H13BrClNO4. The van der Waals surface area contributed by atoms with Gasteiger partial charge in [-0.05, 0) is 18.2 Å². The van der Waals surface area contributed by atoms with E-state index >= 15 is 0 Å². The third-order valence-corrected chi connectivity index (χ3v) is 2.95. The number of carbonyl (C=O) groups is 2. The molecule has 1 unspecified atom stereocenters. The van der Waals surface area contributed by atoms with Crippen LogP contribution in [0.15, 0.2) is 22.7 Å². The number of esters is 1. The quantitative estimate of drug-likeness (QED) is 0.827. The van der Waals surface area contributed by atoms with Gasteiger partial charge in [-0.3, -0.25) is 4.79 Å². The molecule has 7 heteroatoms. The van der Waals surface area contributed by atoms with Gasteiger partial charge in [-0.1, -0.05) is 27.5 Å². The Hall–Kier alpha value is -1.27. The van der Waals surface area contributed by atoms with Crippen molar-refractivity contribution in [3.8, 4) is 5.75 Å². The standard InChI is InChI=1S/C12H13BrClNO4/c1-7(16)15-10(12(17)18-2)6-19-11-4-3-8(13)5-9(11)14/h3-5,10H,6H2,1-2H3,(H,15,16). The molecule has 0 aliphatic rings. The summed E-state index contributed by atoms with van der Waals surface area (Å²) in [6.45, 7) is 1.25. The van der Waals surface area contributed by atoms with E-state index in [-0.39, 0.29) is 12.5 Å². The Morgan fingerprint density at radius 2 is 2.16 bits per heavy atom. The minimum Gasteiger partial charge on any atom is -0.489 e. The van der Waals surface area contributed by atoms with Gasteiger partial charge in [-0.2, -0.15) is 0 Å². The summed E-state index contributed by atoms with van der Waals surface area (Å²) in [5.41, 5.74) is 0. The fraction of sp³-hybridized carbons (Fsp3) is 0.333. The van der Waals surface area contributed by atoms with Crippen LogP contribution in [0.25, 0.3) is 0 Å². The fourth-order valence-electron chi connectivity index (χ4n) is 1.32. The van der Waals surface area contributed by atoms with Crippen LogP contribution in [0.1, 0.15) is 6.92 Å². The van der Waals surface area contributed by atoms with Gasteiger partial charge in [0.1, 0.15) is 12.4 Å². The van der Waals surface area contributed by atoms with Crippen molar-refractivity contribution in [2.45, 2.75) is 13.0 Å². The number of halogens is 2. The molecule has 0 fully saturated rings. The third kappa shape index (κ3) is 5.08. The summed E-state index contributed by atoms with van der Waals surface area (Å²) in [7, 11) is 1.24. The Balaban J connectivity index is 2.70. The van der Waals surface area contributed by atoms with Crippen LogP contribution in [0.4, 0.5) is 0 Å². The lowest BCUT2D eigenvalue weighted by atomic mass is 10.3. The van der Waals surface area contributed by atoms with Crippen molar-refractivity contribution in [2.24, 2.45) is 0 Å². The van der Waals surface area contributed by atoms with Gasteiger partial charge in [0.25, 0.3) is 0 Å². The average molecular weight is 351 g/mol. The number of benzene rings is 1. The molecule has 1 N–H and O–H groups in total. The minimum atomic E-state index is -0.873. The summed E-state index contributed by atoms with van der Waals surface area (Å²) in [5, 5.41) is 2.84. The number of carbonyl (C=O) groups excluding carboxylic acids is 2. The first kappa shape index (κ1) is 15.8. The predicted octanol–water partition coefficient (Wildman–Crippen LogP) is 2.16. The van der Waals surface area contributed by atoms with E-state index in [1.807, 2.05) is 0 Å². The Morgan fingerprint density at radius 3 is 2.68 bits per heavy atom. The molecule has 19 heavy (non-hydrogen) atoms. The molecule has 104 valence electrons. The van der Waals surface area contributed by atoms with Crippen molar-refractivity contribution >= 4 is 39.4 Å². The zero-order valence-corrected chi connectivity index (χ0v) is 12.7. The Labute approximate surface area is 124 Å². The van der Waals surface area contributed by atoms with E-state index in [4.69, 9.17) is 16.3 Å². The summed E-state index contributed by atoms with van der Waals surface area (Å²) < 4.78 is 10.8. The maximum absolute atomic E-state index is 11.5. The van der Waals surface area contributed by atoms with E-state index in [1.165, 1.54) is 14.0 Å². The van der Waals surface area contributed by atoms with Gasteiger partial charge in [-0.15, -0.1) is 0 Å². The van der Waals surface area contributed by atoms with Gasteiger partial charge in [0, 0.05) is 11.4 Å². The molecule has 0 spiro atoms. The molecule has 1 amide bonds. The summed E-state index contributed by atoms with van der Waals surface area (Å²) in [6, 6.07) is 4.21. The average Bonchev–Trinajstić information content (AvgIpc) is 2.34. The van der Waals surface area contributed by atoms with Crippen LogP contribution in [0, 0.1) is 0 Å². The van der Waals surface area contributed by atoms with E-state index in [9.17, 15) is 9.59 Å². The molecule has 0 heterocycles. The zero-order valence-electron chi connectivity index (χ0n) is 10.4. The number of hydrogen-bond acceptors (Lipinski definition) is 4. The number of amides is 1. The molecule has 0 aromatic heterocycles. The lowest BCUT2D eigenvalue weighted by Crippen LogP contribution is -2.44. The molecule has 0 radical (unpaired) electrons. The predicted molar refractivity (Wildman–Crippen MR) is 74.3 cm³/mol. The Morgan fingerprint density at radius 1 is 1.47 bits per heavy atom. The van der Waals surface area contributed by atoms with Crippen LogP contribution in [-0.2, 0) is 14.3 Å². The molecule has 1 aromatic carbocycles. The Kier molecular flexibility index (Phi) is 6.11. The van der Waals surface area contributed by atoms with Crippen LogP contribution < -0.4 is 10.1 Å². The van der Waals surface area contributed by atoms with Gasteiger partial charge < -0.3 is 14.8 Å². The van der Waals surface area contributed by atoms with Crippen LogP contribution in [0.5, 0.6) is 5.75 Å². The molecule has 0 bridgehead atoms. The Bertz CT molecular complexity index is 481. The van der Waals surface area contributed by atoms with Crippen LogP contribution >= 0.6 is 27.5 Å².